The lowest BCUT2D eigenvalue weighted by atomic mass is 9.93. The Bertz CT molecular complexity index is 1380. The van der Waals surface area contributed by atoms with Crippen molar-refractivity contribution in [2.45, 2.75) is 6.92 Å². The van der Waals surface area contributed by atoms with E-state index in [-0.39, 0.29) is 0 Å². The molecule has 4 aromatic rings. The molecule has 0 aliphatic heterocycles. The summed E-state index contributed by atoms with van der Waals surface area (Å²) in [5, 5.41) is 13.2. The van der Waals surface area contributed by atoms with Gasteiger partial charge in [-0.15, -0.1) is 0 Å². The van der Waals surface area contributed by atoms with Gasteiger partial charge in [-0.1, -0.05) is 66.2 Å². The summed E-state index contributed by atoms with van der Waals surface area (Å²) in [5.41, 5.74) is 5.58. The van der Waals surface area contributed by atoms with E-state index in [0.29, 0.717) is 11.3 Å². The van der Waals surface area contributed by atoms with Gasteiger partial charge in [0.05, 0.1) is 12.1 Å². The summed E-state index contributed by atoms with van der Waals surface area (Å²) in [5.74, 6) is 0. The van der Waals surface area contributed by atoms with E-state index in [1.165, 1.54) is 0 Å². The third kappa shape index (κ3) is 3.39. The molecule has 0 aliphatic carbocycles. The number of rotatable bonds is 3. The highest BCUT2D eigenvalue weighted by Gasteiger charge is 2.14. The number of hydrogen-bond acceptors (Lipinski definition) is 2. The summed E-state index contributed by atoms with van der Waals surface area (Å²) >= 11 is 0. The van der Waals surface area contributed by atoms with Gasteiger partial charge in [0.2, 0.25) is 5.69 Å². The lowest BCUT2D eigenvalue weighted by Gasteiger charge is -2.12. The van der Waals surface area contributed by atoms with Gasteiger partial charge in [-0.3, -0.25) is 0 Å². The second-order valence-electron chi connectivity index (χ2n) is 7.62. The van der Waals surface area contributed by atoms with E-state index in [9.17, 15) is 5.26 Å². The molecule has 0 aromatic heterocycles. The van der Waals surface area contributed by atoms with Crippen molar-refractivity contribution in [3.05, 3.63) is 94.3 Å². The van der Waals surface area contributed by atoms with Crippen LogP contribution in [0.25, 0.3) is 38.5 Å². The van der Waals surface area contributed by atoms with Crippen LogP contribution in [-0.4, -0.2) is 14.1 Å². The summed E-state index contributed by atoms with van der Waals surface area (Å²) in [6.07, 6.45) is 4.11. The molecule has 0 fully saturated rings. The molecule has 4 aromatic carbocycles. The predicted octanol–water partition coefficient (Wildman–Crippen LogP) is 6.96. The second-order valence-corrected chi connectivity index (χ2v) is 7.62. The minimum Gasteiger partial charge on any atom is -0.378 e. The average Bonchev–Trinajstić information content (AvgIpc) is 2.76. The predicted molar refractivity (Wildman–Crippen MR) is 127 cm³/mol. The van der Waals surface area contributed by atoms with E-state index in [1.807, 2.05) is 63.5 Å². The SMILES string of the molecule is [C-]#[N+]c1c2ccc(C)cc2c(C#N)c2ccc(/C=C/c3ccc(N(C)C)cc3)cc12. The zero-order valence-electron chi connectivity index (χ0n) is 17.3. The molecular weight excluding hydrogens is 366 g/mol. The molecule has 3 nitrogen and oxygen atoms in total. The number of nitriles is 1. The smallest absolute Gasteiger partial charge is 0.202 e. The van der Waals surface area contributed by atoms with Gasteiger partial charge >= 0.3 is 0 Å². The van der Waals surface area contributed by atoms with Gasteiger partial charge in [0.15, 0.2) is 0 Å². The Labute approximate surface area is 176 Å². The molecule has 0 saturated carbocycles. The molecule has 0 spiro atoms. The maximum atomic E-state index is 9.83. The standard InChI is InChI=1S/C27H21N3/c1-18-5-13-23-24(15-18)26(17-28)22-14-10-20(16-25(22)27(23)29-2)7-6-19-8-11-21(12-9-19)30(3)4/h5-16H,1,3-4H3/b7-6+. The highest BCUT2D eigenvalue weighted by molar-refractivity contribution is 6.15. The number of nitrogens with zero attached hydrogens (tertiary/aromatic N) is 3. The first-order chi connectivity index (χ1) is 14.5. The topological polar surface area (TPSA) is 31.4 Å². The van der Waals surface area contributed by atoms with Crippen molar-refractivity contribution in [2.24, 2.45) is 0 Å². The third-order valence-corrected chi connectivity index (χ3v) is 5.37. The maximum absolute atomic E-state index is 9.83. The van der Waals surface area contributed by atoms with Crippen molar-refractivity contribution < 1.29 is 0 Å². The van der Waals surface area contributed by atoms with E-state index in [1.54, 1.807) is 0 Å². The average molecular weight is 387 g/mol. The Kier molecular flexibility index (Phi) is 4.97. The fourth-order valence-electron chi connectivity index (χ4n) is 3.76. The minimum absolute atomic E-state index is 0.601. The van der Waals surface area contributed by atoms with Gasteiger partial charge in [-0.25, -0.2) is 4.85 Å². The molecule has 4 rings (SSSR count). The van der Waals surface area contributed by atoms with Crippen molar-refractivity contribution in [3.8, 4) is 6.07 Å². The van der Waals surface area contributed by atoms with Crippen LogP contribution >= 0.6 is 0 Å². The number of anilines is 1. The Morgan fingerprint density at radius 1 is 0.833 bits per heavy atom. The lowest BCUT2D eigenvalue weighted by Crippen LogP contribution is -2.07. The fraction of sp³-hybridized carbons (Fsp3) is 0.111. The summed E-state index contributed by atoms with van der Waals surface area (Å²) < 4.78 is 0. The maximum Gasteiger partial charge on any atom is 0.202 e. The van der Waals surface area contributed by atoms with E-state index in [2.05, 4.69) is 46.2 Å². The molecule has 144 valence electrons. The first-order valence-corrected chi connectivity index (χ1v) is 9.75. The van der Waals surface area contributed by atoms with Crippen LogP contribution in [0.15, 0.2) is 60.7 Å². The zero-order chi connectivity index (χ0) is 21.3. The molecule has 0 amide bonds. The van der Waals surface area contributed by atoms with Crippen LogP contribution in [0.3, 0.4) is 0 Å². The van der Waals surface area contributed by atoms with Gasteiger partial charge in [-0.05, 0) is 51.7 Å². The molecule has 0 bridgehead atoms. The Morgan fingerprint density at radius 3 is 2.17 bits per heavy atom. The normalized spacial score (nSPS) is 11.0. The third-order valence-electron chi connectivity index (χ3n) is 5.37. The van der Waals surface area contributed by atoms with Gasteiger partial charge in [-0.2, -0.15) is 5.26 Å². The van der Waals surface area contributed by atoms with Crippen molar-refractivity contribution >= 4 is 45.1 Å². The highest BCUT2D eigenvalue weighted by Crippen LogP contribution is 2.39. The molecule has 0 saturated heterocycles. The summed E-state index contributed by atoms with van der Waals surface area (Å²) in [6.45, 7) is 9.77. The molecule has 0 radical (unpaired) electrons. The van der Waals surface area contributed by atoms with Crippen LogP contribution in [0.5, 0.6) is 0 Å². The number of benzene rings is 4. The summed E-state index contributed by atoms with van der Waals surface area (Å²) in [7, 11) is 4.05. The van der Waals surface area contributed by atoms with Crippen LogP contribution in [0.1, 0.15) is 22.3 Å². The van der Waals surface area contributed by atoms with E-state index < -0.39 is 0 Å². The monoisotopic (exact) mass is 387 g/mol. The molecule has 0 aliphatic rings. The second kappa shape index (κ2) is 7.74. The molecular formula is C27H21N3. The van der Waals surface area contributed by atoms with Crippen LogP contribution in [0.4, 0.5) is 11.4 Å². The molecule has 0 heterocycles. The first-order valence-electron chi connectivity index (χ1n) is 9.75. The summed E-state index contributed by atoms with van der Waals surface area (Å²) in [6, 6.07) is 22.6. The van der Waals surface area contributed by atoms with E-state index >= 15 is 0 Å². The molecule has 0 atom stereocenters. The van der Waals surface area contributed by atoms with Crippen LogP contribution in [0, 0.1) is 24.8 Å². The van der Waals surface area contributed by atoms with Gasteiger partial charge in [0.1, 0.15) is 6.07 Å². The number of aryl methyl sites for hydroxylation is 1. The number of hydrogen-bond donors (Lipinski definition) is 0. The van der Waals surface area contributed by atoms with Crippen LogP contribution < -0.4 is 4.90 Å². The van der Waals surface area contributed by atoms with Crippen LogP contribution in [0.2, 0.25) is 0 Å². The molecule has 0 unspecified atom stereocenters. The van der Waals surface area contributed by atoms with E-state index in [0.717, 1.165) is 43.9 Å². The van der Waals surface area contributed by atoms with E-state index in [4.69, 9.17) is 6.57 Å². The summed E-state index contributed by atoms with van der Waals surface area (Å²) in [4.78, 5) is 5.90. The zero-order valence-corrected chi connectivity index (χ0v) is 17.3. The molecule has 3 heteroatoms. The van der Waals surface area contributed by atoms with Gasteiger partial charge in [0, 0.05) is 19.8 Å². The van der Waals surface area contributed by atoms with Gasteiger partial charge < -0.3 is 4.90 Å². The molecule has 0 N–H and O–H groups in total. The van der Waals surface area contributed by atoms with Crippen molar-refractivity contribution in [1.82, 2.24) is 0 Å². The fourth-order valence-corrected chi connectivity index (χ4v) is 3.76. The Morgan fingerprint density at radius 2 is 1.50 bits per heavy atom. The minimum atomic E-state index is 0.601. The Hall–Kier alpha value is -4.08. The lowest BCUT2D eigenvalue weighted by molar-refractivity contribution is 1.13. The first kappa shape index (κ1) is 19.2. The van der Waals surface area contributed by atoms with Crippen molar-refractivity contribution in [1.29, 1.82) is 5.26 Å². The largest absolute Gasteiger partial charge is 0.378 e. The highest BCUT2D eigenvalue weighted by atomic mass is 15.1. The molecule has 30 heavy (non-hydrogen) atoms. The van der Waals surface area contributed by atoms with Crippen molar-refractivity contribution in [2.75, 3.05) is 19.0 Å². The van der Waals surface area contributed by atoms with Crippen molar-refractivity contribution in [3.63, 3.8) is 0 Å². The van der Waals surface area contributed by atoms with Crippen LogP contribution in [-0.2, 0) is 0 Å². The number of fused-ring (bicyclic) bond motifs is 2. The van der Waals surface area contributed by atoms with Gasteiger partial charge in [0.25, 0.3) is 0 Å². The quantitative estimate of drug-likeness (QED) is 0.216. The Balaban J connectivity index is 1.84.